The lowest BCUT2D eigenvalue weighted by atomic mass is 9.96. The fraction of sp³-hybridized carbons (Fsp3) is 0.644. The Bertz CT molecular complexity index is 4340. The topological polar surface area (TPSA) is 601 Å². The van der Waals surface area contributed by atoms with Gasteiger partial charge in [-0.15, -0.1) is 15.3 Å². The molecule has 6 aromatic rings. The first kappa shape index (κ1) is 111. The molecular weight excluding hydrogens is 1820 g/mol. The molecule has 16 unspecified atom stereocenters. The Morgan fingerprint density at radius 3 is 1.12 bits per heavy atom. The van der Waals surface area contributed by atoms with Crippen molar-refractivity contribution in [3.63, 3.8) is 0 Å². The minimum atomic E-state index is -4.42. The van der Waals surface area contributed by atoms with Crippen molar-refractivity contribution in [3.8, 4) is 51.0 Å². The molecule has 6 heterocycles. The van der Waals surface area contributed by atoms with Crippen molar-refractivity contribution in [1.29, 1.82) is 0 Å². The number of rotatable bonds is 64. The highest BCUT2D eigenvalue weighted by Gasteiger charge is 2.49. The number of Topliss-reactive ketones (excluding diaryl/α,β-unsaturated/α-hetero) is 1. The third-order valence-electron chi connectivity index (χ3n) is 22.8. The summed E-state index contributed by atoms with van der Waals surface area (Å²) in [6.07, 6.45) is -2.47. The second kappa shape index (κ2) is 58.1. The van der Waals surface area contributed by atoms with E-state index in [4.69, 9.17) is 56.8 Å². The van der Waals surface area contributed by atoms with E-state index in [-0.39, 0.29) is 142 Å². The molecule has 3 aromatic carbocycles. The zero-order valence-electron chi connectivity index (χ0n) is 78.6. The third-order valence-corrected chi connectivity index (χ3v) is 23.7. The number of aliphatic hydroxyl groups excluding tert-OH is 6. The molecule has 137 heavy (non-hydrogen) atoms. The average Bonchev–Trinajstić information content (AvgIpc) is 1.64. The lowest BCUT2D eigenvalue weighted by Gasteiger charge is -2.42. The number of hydrogen-bond donors (Lipinski definition) is 14. The molecule has 3 aromatic heterocycles. The zero-order chi connectivity index (χ0) is 98.7. The quantitative estimate of drug-likeness (QED) is 0.0148. The number of ether oxygens (including phenoxy) is 12. The smallest absolute Gasteiger partial charge is 0.473 e. The van der Waals surface area contributed by atoms with E-state index in [0.29, 0.717) is 124 Å². The number of phosphoric acid groups is 1. The summed E-state index contributed by atoms with van der Waals surface area (Å²) in [7, 11) is 1.20. The van der Waals surface area contributed by atoms with E-state index in [1.165, 1.54) is 34.8 Å². The predicted molar refractivity (Wildman–Crippen MR) is 486 cm³/mol. The predicted octanol–water partition coefficient (Wildman–Crippen LogP) is 2.14. The number of nitrogens with one attached hydrogen (secondary N) is 7. The number of unbranched alkanes of at least 4 members (excludes halogenated alkanes) is 10. The van der Waals surface area contributed by atoms with E-state index in [1.807, 2.05) is 36.4 Å². The maximum atomic E-state index is 14.1. The van der Waals surface area contributed by atoms with Crippen LogP contribution in [0.2, 0.25) is 0 Å². The molecule has 7 amide bonds. The summed E-state index contributed by atoms with van der Waals surface area (Å²) in [5, 5.41) is 111. The third kappa shape index (κ3) is 37.6. The van der Waals surface area contributed by atoms with Gasteiger partial charge in [-0.25, -0.2) is 18.6 Å². The van der Waals surface area contributed by atoms with Crippen LogP contribution in [0.25, 0.3) is 33.8 Å². The van der Waals surface area contributed by atoms with E-state index in [2.05, 4.69) is 77.2 Å². The summed E-state index contributed by atoms with van der Waals surface area (Å²) in [4.78, 5) is 113. The Morgan fingerprint density at radius 2 is 0.752 bits per heavy atom. The summed E-state index contributed by atoms with van der Waals surface area (Å²) in [6, 6.07) is 18.5. The van der Waals surface area contributed by atoms with Gasteiger partial charge in [-0.05, 0) is 81.3 Å². The van der Waals surface area contributed by atoms with Gasteiger partial charge in [-0.2, -0.15) is 0 Å². The molecule has 760 valence electrons. The van der Waals surface area contributed by atoms with Gasteiger partial charge in [0.05, 0.1) is 99.2 Å². The summed E-state index contributed by atoms with van der Waals surface area (Å²) >= 11 is 0. The second-order valence-electron chi connectivity index (χ2n) is 33.7. The van der Waals surface area contributed by atoms with Crippen molar-refractivity contribution in [3.05, 3.63) is 91.4 Å². The molecule has 0 bridgehead atoms. The van der Waals surface area contributed by atoms with Gasteiger partial charge in [0, 0.05) is 116 Å². The highest BCUT2D eigenvalue weighted by atomic mass is 31.2. The Morgan fingerprint density at radius 1 is 0.409 bits per heavy atom. The normalized spacial score (nSPS) is 22.4. The first-order chi connectivity index (χ1) is 65.9. The van der Waals surface area contributed by atoms with Crippen molar-refractivity contribution in [2.45, 2.75) is 266 Å². The van der Waals surface area contributed by atoms with Crippen LogP contribution < -0.4 is 51.4 Å². The van der Waals surface area contributed by atoms with Crippen molar-refractivity contribution in [2.24, 2.45) is 0 Å². The Labute approximate surface area is 794 Å². The SMILES string of the molecule is COc1cccc(-c2cn(CC3OC(OCCCCCCCC(=O)CCOCC(COCCC(=O)NCCCCCCOC4OC(Cn5cc(-c6cccc(OC)c6)nn5)C(O)C(O)C4NC(C)=O)(COCCC(=O)NCCCCCCOC4OC(Cn5cc(-c6cccc(OC)c6)nn5)C(O)C(O)C4NC(C)=O)NC(=O)CCCC(=O)NCOP(=O)(O)OC)C(NC(C)=O)C(O)C3O)nn2)c1. The monoisotopic (exact) mass is 1950 g/mol. The number of aromatic nitrogens is 9. The summed E-state index contributed by atoms with van der Waals surface area (Å²) < 4.78 is 96.6. The molecular formula is C90H135N16O30P. The first-order valence-electron chi connectivity index (χ1n) is 46.2. The number of carbonyl (C=O) groups is 8. The largest absolute Gasteiger partial charge is 0.497 e. The van der Waals surface area contributed by atoms with Crippen LogP contribution in [0.1, 0.15) is 149 Å². The van der Waals surface area contributed by atoms with Crippen LogP contribution in [0.4, 0.5) is 0 Å². The number of nitrogens with zero attached hydrogens (tertiary/aromatic N) is 9. The van der Waals surface area contributed by atoms with E-state index in [1.54, 1.807) is 76.3 Å². The minimum Gasteiger partial charge on any atom is -0.497 e. The van der Waals surface area contributed by atoms with Crippen LogP contribution >= 0.6 is 7.82 Å². The number of carbonyl (C=O) groups excluding carboxylic acids is 8. The molecule has 0 saturated carbocycles. The molecule has 47 heteroatoms. The van der Waals surface area contributed by atoms with Gasteiger partial charge >= 0.3 is 7.82 Å². The van der Waals surface area contributed by atoms with Crippen molar-refractivity contribution < 1.29 is 144 Å². The van der Waals surface area contributed by atoms with Crippen molar-refractivity contribution in [1.82, 2.24) is 82.2 Å². The van der Waals surface area contributed by atoms with Crippen LogP contribution in [0.3, 0.4) is 0 Å². The van der Waals surface area contributed by atoms with Gasteiger partial charge in [0.25, 0.3) is 0 Å². The molecule has 3 aliphatic heterocycles. The molecule has 3 aliphatic rings. The molecule has 14 N–H and O–H groups in total. The standard InChI is InChI=1S/C90H135N16O30P/c1-58(107)94-78-84(118)81(115)71(51-104-48-68(98-101-104)61-25-21-29-65(45-61)123-4)134-87(78)130-39-18-12-8-9-15-28-64(110)34-42-127-54-90(97-77(114)33-24-32-74(111)93-57-133-137(121,122)126-7,55-128-43-35-75(112)91-37-16-10-13-19-40-131-88-79(95-59(2)108)85(119)82(116)72(135-88)52-105-49-69(99-102-105)62-26-22-30-66(46-62)124-5)56-129-44-36-76(113)92-38-17-11-14-20-41-132-89-80(96-60(3)109)86(120)83(117)73(136-89)53-106-50-70(100-103-106)63-27-23-31-67(47-63)125-6/h21-23,25-27,29-31,45-50,71-73,78-89,115-120H,8-20,24,28,32-44,51-57H2,1-7H3,(H,91,112)(H,92,113)(H,93,111)(H,94,107)(H,95,108)(H,96,109)(H,97,114)(H,121,122). The second-order valence-corrected chi connectivity index (χ2v) is 35.3. The number of amides is 7. The molecule has 16 atom stereocenters. The van der Waals surface area contributed by atoms with Crippen molar-refractivity contribution >= 4 is 55.0 Å². The first-order valence-corrected chi connectivity index (χ1v) is 47.7. The average molecular weight is 1950 g/mol. The molecule has 0 radical (unpaired) electrons. The number of methoxy groups -OCH3 is 3. The highest BCUT2D eigenvalue weighted by molar-refractivity contribution is 7.47. The van der Waals surface area contributed by atoms with E-state index < -0.39 is 142 Å². The van der Waals surface area contributed by atoms with E-state index in [9.17, 15) is 78.5 Å². The molecule has 3 fully saturated rings. The van der Waals surface area contributed by atoms with Crippen LogP contribution in [-0.4, -0.2) is 333 Å². The van der Waals surface area contributed by atoms with Gasteiger partial charge in [-0.3, -0.25) is 47.4 Å². The number of benzene rings is 3. The molecule has 0 spiro atoms. The Kier molecular flexibility index (Phi) is 46.9. The fourth-order valence-electron chi connectivity index (χ4n) is 15.4. The number of phosphoric ester groups is 1. The van der Waals surface area contributed by atoms with Gasteiger partial charge in [0.2, 0.25) is 41.4 Å². The molecule has 9 rings (SSSR count). The fourth-order valence-corrected chi connectivity index (χ4v) is 15.8. The molecule has 3 saturated heterocycles. The number of ketones is 1. The zero-order valence-corrected chi connectivity index (χ0v) is 79.5. The van der Waals surface area contributed by atoms with E-state index >= 15 is 0 Å². The van der Waals surface area contributed by atoms with E-state index in [0.717, 1.165) is 30.2 Å². The van der Waals surface area contributed by atoms with Gasteiger partial charge in [-0.1, -0.05) is 97.0 Å². The summed E-state index contributed by atoms with van der Waals surface area (Å²) in [5.41, 5.74) is 2.31. The summed E-state index contributed by atoms with van der Waals surface area (Å²) in [5.74, 6) is -1.54. The van der Waals surface area contributed by atoms with Gasteiger partial charge < -0.3 is 130 Å². The van der Waals surface area contributed by atoms with Crippen LogP contribution in [0.15, 0.2) is 91.4 Å². The van der Waals surface area contributed by atoms with Gasteiger partial charge in [0.1, 0.15) is 125 Å². The Balaban J connectivity index is 0.749. The number of hydrogen-bond acceptors (Lipinski definition) is 35. The summed E-state index contributed by atoms with van der Waals surface area (Å²) in [6.45, 7) is 2.91. The highest BCUT2D eigenvalue weighted by Crippen LogP contribution is 2.41. The molecule has 0 aliphatic carbocycles. The van der Waals surface area contributed by atoms with Crippen LogP contribution in [0, 0.1) is 0 Å². The van der Waals surface area contributed by atoms with Crippen LogP contribution in [-0.2, 0) is 114 Å². The van der Waals surface area contributed by atoms with Crippen LogP contribution in [0.5, 0.6) is 17.2 Å². The Hall–Kier alpha value is -10.0. The minimum absolute atomic E-state index is 0.00126. The maximum Gasteiger partial charge on any atom is 0.473 e. The molecule has 46 nitrogen and oxygen atoms in total. The lowest BCUT2D eigenvalue weighted by Crippen LogP contribution is -2.64. The lowest BCUT2D eigenvalue weighted by molar-refractivity contribution is -0.267. The van der Waals surface area contributed by atoms with Gasteiger partial charge in [0.15, 0.2) is 18.9 Å². The number of aliphatic hydroxyl groups is 6. The van der Waals surface area contributed by atoms with Crippen molar-refractivity contribution in [2.75, 3.05) is 108 Å². The maximum absolute atomic E-state index is 14.1.